The van der Waals surface area contributed by atoms with E-state index in [-0.39, 0.29) is 0 Å². The molecule has 10 rings (SSSR count). The number of aromatic nitrogens is 1. The molecule has 49 heavy (non-hydrogen) atoms. The fourth-order valence-corrected chi connectivity index (χ4v) is 8.81. The van der Waals surface area contributed by atoms with E-state index in [1.807, 2.05) is 53.8 Å². The molecule has 0 amide bonds. The van der Waals surface area contributed by atoms with Gasteiger partial charge in [-0.15, -0.1) is 11.3 Å². The first-order valence-electron chi connectivity index (χ1n) is 16.5. The third kappa shape index (κ3) is 4.35. The Morgan fingerprint density at radius 2 is 1.33 bits per heavy atom. The first kappa shape index (κ1) is 28.0. The van der Waals surface area contributed by atoms with Crippen molar-refractivity contribution in [1.82, 2.24) is 4.40 Å². The highest BCUT2D eigenvalue weighted by Crippen LogP contribution is 2.44. The van der Waals surface area contributed by atoms with Gasteiger partial charge in [0.05, 0.1) is 34.5 Å². The van der Waals surface area contributed by atoms with E-state index < -0.39 is 0 Å². The molecular weight excluding hydrogens is 615 g/mol. The summed E-state index contributed by atoms with van der Waals surface area (Å²) >= 11 is 1.86. The monoisotopic (exact) mass is 643 g/mol. The lowest BCUT2D eigenvalue weighted by Gasteiger charge is -2.07. The largest absolute Gasteiger partial charge is 0.308 e. The maximum atomic E-state index is 5.14. The maximum Gasteiger partial charge on any atom is 0.0716 e. The first-order chi connectivity index (χ1) is 24.2. The summed E-state index contributed by atoms with van der Waals surface area (Å²) in [4.78, 5) is 9.49. The molecule has 0 aliphatic rings. The highest BCUT2D eigenvalue weighted by molar-refractivity contribution is 7.26. The smallest absolute Gasteiger partial charge is 0.0716 e. The predicted octanol–water partition coefficient (Wildman–Crippen LogP) is 12.1. The van der Waals surface area contributed by atoms with Crippen molar-refractivity contribution in [2.75, 3.05) is 0 Å². The molecule has 3 aromatic heterocycles. The van der Waals surface area contributed by atoms with Crippen molar-refractivity contribution in [1.29, 1.82) is 0 Å². The molecule has 10 aromatic rings. The average Bonchev–Trinajstić information content (AvgIpc) is 3.81. The van der Waals surface area contributed by atoms with Crippen molar-refractivity contribution in [3.63, 3.8) is 0 Å². The zero-order chi connectivity index (χ0) is 32.5. The van der Waals surface area contributed by atoms with Crippen LogP contribution in [0, 0.1) is 0 Å². The number of hydrogen-bond donors (Lipinski definition) is 0. The molecule has 0 radical (unpaired) electrons. The molecule has 0 bridgehead atoms. The summed E-state index contributed by atoms with van der Waals surface area (Å²) in [7, 11) is 0. The average molecular weight is 644 g/mol. The molecule has 0 unspecified atom stereocenters. The third-order valence-electron chi connectivity index (χ3n) is 9.87. The molecule has 0 aliphatic carbocycles. The van der Waals surface area contributed by atoms with Gasteiger partial charge in [0.1, 0.15) is 0 Å². The van der Waals surface area contributed by atoms with Crippen LogP contribution in [-0.4, -0.2) is 16.8 Å². The number of fused-ring (bicyclic) bond motifs is 11. The van der Waals surface area contributed by atoms with Gasteiger partial charge in [0.2, 0.25) is 0 Å². The number of allylic oxidation sites excluding steroid dienone is 1. The van der Waals surface area contributed by atoms with Gasteiger partial charge >= 0.3 is 0 Å². The molecule has 230 valence electrons. The van der Waals surface area contributed by atoms with E-state index in [4.69, 9.17) is 4.99 Å². The molecule has 3 heterocycles. The van der Waals surface area contributed by atoms with Gasteiger partial charge in [0, 0.05) is 47.3 Å². The van der Waals surface area contributed by atoms with Crippen molar-refractivity contribution in [2.24, 2.45) is 9.98 Å². The van der Waals surface area contributed by atoms with Gasteiger partial charge in [-0.1, -0.05) is 115 Å². The van der Waals surface area contributed by atoms with E-state index in [1.54, 1.807) is 0 Å². The van der Waals surface area contributed by atoms with Gasteiger partial charge in [0.15, 0.2) is 0 Å². The molecule has 0 atom stereocenters. The fourth-order valence-electron chi connectivity index (χ4n) is 7.63. The van der Waals surface area contributed by atoms with Gasteiger partial charge in [0.25, 0.3) is 0 Å². The summed E-state index contributed by atoms with van der Waals surface area (Å²) in [6.07, 6.45) is 2.04. The highest BCUT2D eigenvalue weighted by Gasteiger charge is 2.19. The van der Waals surface area contributed by atoms with Crippen LogP contribution in [-0.2, 0) is 6.54 Å². The maximum absolute atomic E-state index is 5.14. The number of thiophene rings is 1. The van der Waals surface area contributed by atoms with Gasteiger partial charge in [-0.2, -0.15) is 0 Å². The van der Waals surface area contributed by atoms with Crippen LogP contribution in [0.5, 0.6) is 0 Å². The van der Waals surface area contributed by atoms with Crippen molar-refractivity contribution < 1.29 is 0 Å². The van der Waals surface area contributed by atoms with Crippen LogP contribution in [0.1, 0.15) is 16.7 Å². The van der Waals surface area contributed by atoms with Crippen molar-refractivity contribution in [2.45, 2.75) is 6.54 Å². The second-order valence-corrected chi connectivity index (χ2v) is 13.7. The molecule has 0 N–H and O–H groups in total. The van der Waals surface area contributed by atoms with Crippen molar-refractivity contribution in [3.8, 4) is 0 Å². The van der Waals surface area contributed by atoms with Gasteiger partial charge in [-0.3, -0.25) is 9.98 Å². The number of para-hydroxylation sites is 2. The van der Waals surface area contributed by atoms with Crippen LogP contribution in [0.4, 0.5) is 0 Å². The lowest BCUT2D eigenvalue weighted by atomic mass is 10.00. The first-order valence-corrected chi connectivity index (χ1v) is 17.4. The van der Waals surface area contributed by atoms with Gasteiger partial charge < -0.3 is 4.40 Å². The topological polar surface area (TPSA) is 29.1 Å². The van der Waals surface area contributed by atoms with E-state index in [1.165, 1.54) is 74.6 Å². The molecular formula is C45H29N3S. The van der Waals surface area contributed by atoms with Crippen LogP contribution < -0.4 is 0 Å². The summed E-state index contributed by atoms with van der Waals surface area (Å²) in [5, 5.41) is 10.5. The minimum Gasteiger partial charge on any atom is -0.308 e. The van der Waals surface area contributed by atoms with E-state index in [0.29, 0.717) is 6.54 Å². The normalized spacial score (nSPS) is 12.9. The molecule has 0 fully saturated rings. The second-order valence-electron chi connectivity index (χ2n) is 12.6. The number of benzene rings is 7. The Kier molecular flexibility index (Phi) is 6.27. The van der Waals surface area contributed by atoms with E-state index >= 15 is 0 Å². The zero-order valence-electron chi connectivity index (χ0n) is 26.6. The van der Waals surface area contributed by atoms with Gasteiger partial charge in [-0.25, -0.2) is 0 Å². The summed E-state index contributed by atoms with van der Waals surface area (Å²) < 4.78 is 5.05. The highest BCUT2D eigenvalue weighted by atomic mass is 32.1. The fraction of sp³-hybridized carbons (Fsp3) is 0.0222. The minimum atomic E-state index is 0.564. The Bertz CT molecular complexity index is 2960. The summed E-state index contributed by atoms with van der Waals surface area (Å²) in [6, 6.07) is 52.2. The van der Waals surface area contributed by atoms with E-state index in [9.17, 15) is 0 Å². The summed E-state index contributed by atoms with van der Waals surface area (Å²) in [5.41, 5.74) is 8.79. The Labute approximate surface area is 286 Å². The Balaban J connectivity index is 1.10. The van der Waals surface area contributed by atoms with Crippen LogP contribution in [0.25, 0.3) is 74.7 Å². The molecule has 3 nitrogen and oxygen atoms in total. The van der Waals surface area contributed by atoms with E-state index in [0.717, 1.165) is 22.5 Å². The molecule has 0 saturated carbocycles. The Morgan fingerprint density at radius 1 is 0.592 bits per heavy atom. The summed E-state index contributed by atoms with van der Waals surface area (Å²) in [5.74, 6) is 0. The number of nitrogens with zero attached hydrogens (tertiary/aromatic N) is 3. The SMILES string of the molecule is C=N/C(=C\C(=NCc1ccc2c(c1)sc1ccc3cc4c(cc3c12)c1cccc2c3ccccc3n4c21)c1ccccc1)c1ccccc1. The standard InChI is InChI=1S/C45H29N3S/c1-46-38(29-11-4-2-5-12-29)26-39(30-13-6-3-7-14-30)47-27-28-19-21-35-43(23-28)49-42-22-20-31-24-41-37(25-36(31)44(35)42)34-17-10-16-33-32-15-8-9-18-40(32)48(41)45(33)34/h2-26H,1,27H2/b38-26-,47-39?. The van der Waals surface area contributed by atoms with Crippen LogP contribution in [0.15, 0.2) is 162 Å². The molecule has 7 aromatic carbocycles. The quantitative estimate of drug-likeness (QED) is 0.161. The van der Waals surface area contributed by atoms with Crippen LogP contribution in [0.2, 0.25) is 0 Å². The molecule has 0 spiro atoms. The number of hydrogen-bond acceptors (Lipinski definition) is 3. The number of aliphatic imine (C=N–C) groups is 2. The molecule has 0 aliphatic heterocycles. The lowest BCUT2D eigenvalue weighted by molar-refractivity contribution is 1.07. The third-order valence-corrected chi connectivity index (χ3v) is 11.0. The number of rotatable bonds is 6. The second kappa shape index (κ2) is 11.0. The minimum absolute atomic E-state index is 0.564. The molecule has 0 saturated heterocycles. The summed E-state index contributed by atoms with van der Waals surface area (Å²) in [6.45, 7) is 4.42. The molecule has 4 heteroatoms. The predicted molar refractivity (Wildman–Crippen MR) is 212 cm³/mol. The van der Waals surface area contributed by atoms with E-state index in [2.05, 4.69) is 125 Å². The lowest BCUT2D eigenvalue weighted by Crippen LogP contribution is -1.99. The zero-order valence-corrected chi connectivity index (χ0v) is 27.4. The van der Waals surface area contributed by atoms with Gasteiger partial charge in [-0.05, 0) is 65.0 Å². The Morgan fingerprint density at radius 3 is 2.14 bits per heavy atom. The van der Waals surface area contributed by atoms with Crippen molar-refractivity contribution >= 4 is 98.5 Å². The van der Waals surface area contributed by atoms with Crippen LogP contribution >= 0.6 is 11.3 Å². The van der Waals surface area contributed by atoms with Crippen molar-refractivity contribution in [3.05, 3.63) is 168 Å². The Hall–Kier alpha value is -6.10. The van der Waals surface area contributed by atoms with Crippen LogP contribution in [0.3, 0.4) is 0 Å².